The fraction of sp³-hybridized carbons (Fsp3) is 0.300. The Morgan fingerprint density at radius 1 is 1.11 bits per heavy atom. The summed E-state index contributed by atoms with van der Waals surface area (Å²) in [4.78, 5) is 10.6. The molecule has 0 aliphatic heterocycles. The zero-order valence-electron chi connectivity index (χ0n) is 8.51. The molecule has 0 aliphatic rings. The maximum atomic E-state index is 13.3. The van der Waals surface area contributed by atoms with Gasteiger partial charge in [-0.1, -0.05) is 18.2 Å². The van der Waals surface area contributed by atoms with E-state index in [2.05, 4.69) is 0 Å². The first kappa shape index (κ1) is 14.3. The lowest BCUT2D eigenvalue weighted by Crippen LogP contribution is -2.41. The Balaban J connectivity index is 3.27. The number of carbonyl (C=O) groups is 1. The number of carboxylic acid groups (broad SMARTS) is 1. The van der Waals surface area contributed by atoms with E-state index in [1.165, 1.54) is 0 Å². The molecule has 0 aliphatic carbocycles. The minimum atomic E-state index is -6.10. The molecule has 18 heavy (non-hydrogen) atoms. The van der Waals surface area contributed by atoms with Gasteiger partial charge in [-0.2, -0.15) is 22.0 Å². The Labute approximate surface area is 96.8 Å². The van der Waals surface area contributed by atoms with E-state index in [0.29, 0.717) is 6.07 Å². The number of hydrogen-bond acceptors (Lipinski definition) is 1. The van der Waals surface area contributed by atoms with E-state index in [1.54, 1.807) is 0 Å². The fourth-order valence-electron chi connectivity index (χ4n) is 1.25. The van der Waals surface area contributed by atoms with Crippen molar-refractivity contribution in [3.05, 3.63) is 35.4 Å². The molecular weight excluding hydrogens is 266 g/mol. The topological polar surface area (TPSA) is 37.3 Å². The molecule has 1 aromatic rings. The maximum Gasteiger partial charge on any atom is 0.456 e. The lowest BCUT2D eigenvalue weighted by Gasteiger charge is -2.24. The average Bonchev–Trinajstić information content (AvgIpc) is 2.26. The van der Waals surface area contributed by atoms with Gasteiger partial charge in [0.15, 0.2) is 6.17 Å². The van der Waals surface area contributed by atoms with Crippen molar-refractivity contribution in [2.45, 2.75) is 18.3 Å². The van der Waals surface area contributed by atoms with Crippen LogP contribution in [0.25, 0.3) is 0 Å². The van der Waals surface area contributed by atoms with Gasteiger partial charge in [-0.15, -0.1) is 0 Å². The predicted octanol–water partition coefficient (Wildman–Crippen LogP) is 3.59. The van der Waals surface area contributed by atoms with Crippen molar-refractivity contribution < 1.29 is 36.2 Å². The monoisotopic (exact) mass is 272 g/mol. The third kappa shape index (κ3) is 2.41. The number of alkyl halides is 6. The molecule has 2 nitrogen and oxygen atoms in total. The van der Waals surface area contributed by atoms with Crippen LogP contribution in [0.2, 0.25) is 0 Å². The van der Waals surface area contributed by atoms with E-state index in [0.717, 1.165) is 18.2 Å². The van der Waals surface area contributed by atoms with Gasteiger partial charge in [0.2, 0.25) is 0 Å². The van der Waals surface area contributed by atoms with Gasteiger partial charge in [0, 0.05) is 5.56 Å². The van der Waals surface area contributed by atoms with Crippen molar-refractivity contribution in [3.8, 4) is 0 Å². The molecule has 1 N–H and O–H groups in total. The van der Waals surface area contributed by atoms with Gasteiger partial charge in [-0.25, -0.2) is 9.18 Å². The van der Waals surface area contributed by atoms with Gasteiger partial charge in [0.05, 0.1) is 5.56 Å². The highest BCUT2D eigenvalue weighted by atomic mass is 19.4. The minimum Gasteiger partial charge on any atom is -0.478 e. The molecule has 0 spiro atoms. The number of carboxylic acids is 1. The Morgan fingerprint density at radius 2 is 1.61 bits per heavy atom. The quantitative estimate of drug-likeness (QED) is 0.854. The second kappa shape index (κ2) is 4.51. The van der Waals surface area contributed by atoms with Crippen molar-refractivity contribution in [2.75, 3.05) is 0 Å². The van der Waals surface area contributed by atoms with E-state index >= 15 is 0 Å². The highest BCUT2D eigenvalue weighted by Gasteiger charge is 2.64. The van der Waals surface area contributed by atoms with E-state index in [4.69, 9.17) is 5.11 Å². The molecule has 8 heteroatoms. The minimum absolute atomic E-state index is 0.577. The molecule has 1 unspecified atom stereocenters. The summed E-state index contributed by atoms with van der Waals surface area (Å²) in [5.41, 5.74) is -2.15. The van der Waals surface area contributed by atoms with Gasteiger partial charge in [0.25, 0.3) is 0 Å². The second-order valence-corrected chi connectivity index (χ2v) is 3.38. The first-order valence-corrected chi connectivity index (χ1v) is 4.50. The van der Waals surface area contributed by atoms with Gasteiger partial charge in [-0.05, 0) is 6.07 Å². The third-order valence-corrected chi connectivity index (χ3v) is 2.16. The Kier molecular flexibility index (Phi) is 3.59. The highest BCUT2D eigenvalue weighted by molar-refractivity contribution is 5.89. The lowest BCUT2D eigenvalue weighted by molar-refractivity contribution is -0.305. The van der Waals surface area contributed by atoms with Crippen LogP contribution in [-0.4, -0.2) is 23.2 Å². The molecule has 1 aromatic carbocycles. The van der Waals surface area contributed by atoms with Gasteiger partial charge in [-0.3, -0.25) is 0 Å². The molecule has 0 saturated carbocycles. The largest absolute Gasteiger partial charge is 0.478 e. The normalized spacial score (nSPS) is 14.3. The zero-order valence-corrected chi connectivity index (χ0v) is 8.51. The van der Waals surface area contributed by atoms with Crippen LogP contribution in [-0.2, 0) is 0 Å². The molecular formula is C10H6F6O2. The first-order chi connectivity index (χ1) is 8.09. The smallest absolute Gasteiger partial charge is 0.456 e. The Morgan fingerprint density at radius 3 is 2.06 bits per heavy atom. The number of aromatic carboxylic acids is 1. The summed E-state index contributed by atoms with van der Waals surface area (Å²) in [6.45, 7) is 0. The maximum absolute atomic E-state index is 13.3. The summed E-state index contributed by atoms with van der Waals surface area (Å²) >= 11 is 0. The number of hydrogen-bond donors (Lipinski definition) is 1. The van der Waals surface area contributed by atoms with Crippen molar-refractivity contribution in [3.63, 3.8) is 0 Å². The highest BCUT2D eigenvalue weighted by Crippen LogP contribution is 2.47. The summed E-state index contributed by atoms with van der Waals surface area (Å²) in [6, 6.07) is 3.39. The molecule has 1 rings (SSSR count). The van der Waals surface area contributed by atoms with Crippen LogP contribution in [0, 0.1) is 0 Å². The molecule has 0 saturated heterocycles. The van der Waals surface area contributed by atoms with Gasteiger partial charge >= 0.3 is 18.1 Å². The molecule has 0 radical (unpaired) electrons. The van der Waals surface area contributed by atoms with Crippen LogP contribution < -0.4 is 0 Å². The zero-order chi connectivity index (χ0) is 14.1. The molecule has 100 valence electrons. The van der Waals surface area contributed by atoms with Crippen LogP contribution >= 0.6 is 0 Å². The lowest BCUT2D eigenvalue weighted by atomic mass is 9.99. The Hall–Kier alpha value is -1.73. The molecule has 1 atom stereocenters. The standard InChI is InChI=1S/C10H6F6O2/c11-7(9(12,13)10(14,15)16)5-3-1-2-4-6(5)8(17)18/h1-4,7H,(H,17,18). The molecule has 0 amide bonds. The van der Waals surface area contributed by atoms with E-state index < -0.39 is 35.4 Å². The Bertz CT molecular complexity index is 454. The number of halogens is 6. The van der Waals surface area contributed by atoms with Crippen molar-refractivity contribution in [2.24, 2.45) is 0 Å². The molecule has 0 bridgehead atoms. The van der Waals surface area contributed by atoms with Crippen molar-refractivity contribution >= 4 is 5.97 Å². The summed E-state index contributed by atoms with van der Waals surface area (Å²) in [5, 5.41) is 8.59. The van der Waals surface area contributed by atoms with Crippen LogP contribution in [0.1, 0.15) is 22.1 Å². The molecule has 0 heterocycles. The van der Waals surface area contributed by atoms with E-state index in [-0.39, 0.29) is 0 Å². The van der Waals surface area contributed by atoms with Gasteiger partial charge < -0.3 is 5.11 Å². The van der Waals surface area contributed by atoms with E-state index in [1.807, 2.05) is 0 Å². The summed E-state index contributed by atoms with van der Waals surface area (Å²) in [7, 11) is 0. The van der Waals surface area contributed by atoms with Crippen LogP contribution in [0.15, 0.2) is 24.3 Å². The first-order valence-electron chi connectivity index (χ1n) is 4.50. The van der Waals surface area contributed by atoms with Crippen LogP contribution in [0.4, 0.5) is 26.3 Å². The summed E-state index contributed by atoms with van der Waals surface area (Å²) in [6.07, 6.45) is -9.87. The van der Waals surface area contributed by atoms with Crippen LogP contribution in [0.5, 0.6) is 0 Å². The van der Waals surface area contributed by atoms with Crippen molar-refractivity contribution in [1.29, 1.82) is 0 Å². The third-order valence-electron chi connectivity index (χ3n) is 2.16. The predicted molar refractivity (Wildman–Crippen MR) is 48.3 cm³/mol. The van der Waals surface area contributed by atoms with Crippen molar-refractivity contribution in [1.82, 2.24) is 0 Å². The van der Waals surface area contributed by atoms with Crippen LogP contribution in [0.3, 0.4) is 0 Å². The summed E-state index contributed by atoms with van der Waals surface area (Å²) in [5.74, 6) is -7.44. The number of benzene rings is 1. The summed E-state index contributed by atoms with van der Waals surface area (Å²) < 4.78 is 74.7. The average molecular weight is 272 g/mol. The SMILES string of the molecule is O=C(O)c1ccccc1C(F)C(F)(F)C(F)(F)F. The fourth-order valence-corrected chi connectivity index (χ4v) is 1.25. The second-order valence-electron chi connectivity index (χ2n) is 3.38. The number of rotatable bonds is 3. The van der Waals surface area contributed by atoms with E-state index in [9.17, 15) is 31.1 Å². The van der Waals surface area contributed by atoms with Gasteiger partial charge in [0.1, 0.15) is 0 Å². The molecule has 0 aromatic heterocycles. The molecule has 0 fully saturated rings.